The minimum Gasteiger partial charge on any atom is -0.460 e. The van der Waals surface area contributed by atoms with Gasteiger partial charge in [0.05, 0.1) is 23.5 Å². The summed E-state index contributed by atoms with van der Waals surface area (Å²) in [4.78, 5) is 25.2. The van der Waals surface area contributed by atoms with E-state index in [4.69, 9.17) is 8.83 Å². The summed E-state index contributed by atoms with van der Waals surface area (Å²) in [5, 5.41) is 14.7. The molecule has 4 rings (SSSR count). The number of fused-ring (bicyclic) bond motifs is 3. The highest BCUT2D eigenvalue weighted by Gasteiger charge is 2.21. The molecule has 2 aromatic carbocycles. The molecule has 0 spiro atoms. The Labute approximate surface area is 179 Å². The largest absolute Gasteiger partial charge is 0.460 e. The van der Waals surface area contributed by atoms with Gasteiger partial charge in [-0.05, 0) is 56.0 Å². The van der Waals surface area contributed by atoms with Crippen LogP contribution in [0.1, 0.15) is 39.7 Å². The van der Waals surface area contributed by atoms with Crippen LogP contribution in [-0.4, -0.2) is 17.6 Å². The predicted molar refractivity (Wildman–Crippen MR) is 119 cm³/mol. The van der Waals surface area contributed by atoms with Crippen molar-refractivity contribution in [2.75, 3.05) is 6.54 Å². The maximum atomic E-state index is 12.6. The first-order chi connectivity index (χ1) is 14.8. The third kappa shape index (κ3) is 3.75. The van der Waals surface area contributed by atoms with E-state index in [0.717, 1.165) is 22.3 Å². The van der Waals surface area contributed by atoms with Gasteiger partial charge in [0.2, 0.25) is 5.91 Å². The molecule has 6 heteroatoms. The molecule has 0 saturated carbocycles. The minimum atomic E-state index is -0.823. The number of aliphatic hydroxyl groups is 1. The standard InChI is InChI=1S/C25H25NO5/c1-13-10-20-23(24-22(13)14(2)16(4)30-24)15(3)18(25(29)31-20)11-21(28)26-12-19(27)17-8-6-5-7-9-17/h5-10,19,27H,11-12H2,1-4H3,(H,26,28). The van der Waals surface area contributed by atoms with Gasteiger partial charge in [0.1, 0.15) is 16.9 Å². The fourth-order valence-corrected chi connectivity index (χ4v) is 4.06. The summed E-state index contributed by atoms with van der Waals surface area (Å²) in [6.07, 6.45) is -0.962. The van der Waals surface area contributed by atoms with Crippen LogP contribution in [0.3, 0.4) is 0 Å². The van der Waals surface area contributed by atoms with Crippen LogP contribution in [0.4, 0.5) is 0 Å². The molecule has 2 N–H and O–H groups in total. The van der Waals surface area contributed by atoms with Crippen molar-refractivity contribution < 1.29 is 18.7 Å². The molecule has 0 saturated heterocycles. The average molecular weight is 419 g/mol. The molecule has 1 unspecified atom stereocenters. The first kappa shape index (κ1) is 20.9. The third-order valence-electron chi connectivity index (χ3n) is 5.89. The topological polar surface area (TPSA) is 92.7 Å². The zero-order chi connectivity index (χ0) is 22.3. The van der Waals surface area contributed by atoms with Gasteiger partial charge in [-0.15, -0.1) is 0 Å². The monoisotopic (exact) mass is 419 g/mol. The first-order valence-electron chi connectivity index (χ1n) is 10.2. The molecule has 1 atom stereocenters. The Kier molecular flexibility index (Phi) is 5.41. The summed E-state index contributed by atoms with van der Waals surface area (Å²) < 4.78 is 11.6. The van der Waals surface area contributed by atoms with Crippen molar-refractivity contribution in [2.24, 2.45) is 0 Å². The molecular weight excluding hydrogens is 394 g/mol. The fraction of sp³-hybridized carbons (Fsp3) is 0.280. The van der Waals surface area contributed by atoms with Gasteiger partial charge in [-0.2, -0.15) is 0 Å². The van der Waals surface area contributed by atoms with Crippen LogP contribution >= 0.6 is 0 Å². The Balaban J connectivity index is 1.65. The number of benzene rings is 2. The number of furan rings is 1. The minimum absolute atomic E-state index is 0.0564. The van der Waals surface area contributed by atoms with E-state index < -0.39 is 11.7 Å². The predicted octanol–water partition coefficient (Wildman–Crippen LogP) is 4.17. The van der Waals surface area contributed by atoms with E-state index in [2.05, 4.69) is 5.32 Å². The third-order valence-corrected chi connectivity index (χ3v) is 5.89. The molecular formula is C25H25NO5. The van der Waals surface area contributed by atoms with Crippen molar-refractivity contribution >= 4 is 27.8 Å². The lowest BCUT2D eigenvalue weighted by Crippen LogP contribution is -2.31. The van der Waals surface area contributed by atoms with Gasteiger partial charge in [0.25, 0.3) is 0 Å². The summed E-state index contributed by atoms with van der Waals surface area (Å²) in [5.41, 5.74) is 4.28. The SMILES string of the molecule is Cc1oc2c(c(C)cc3oc(=O)c(CC(=O)NCC(O)c4ccccc4)c(C)c32)c1C. The van der Waals surface area contributed by atoms with Crippen molar-refractivity contribution in [1.82, 2.24) is 5.32 Å². The molecule has 1 amide bonds. The number of hydrogen-bond acceptors (Lipinski definition) is 5. The summed E-state index contributed by atoms with van der Waals surface area (Å²) in [6, 6.07) is 10.9. The van der Waals surface area contributed by atoms with E-state index in [1.165, 1.54) is 0 Å². The van der Waals surface area contributed by atoms with Crippen LogP contribution in [-0.2, 0) is 11.2 Å². The van der Waals surface area contributed by atoms with Crippen LogP contribution < -0.4 is 10.9 Å². The number of carbonyl (C=O) groups is 1. The van der Waals surface area contributed by atoms with Gasteiger partial charge < -0.3 is 19.3 Å². The molecule has 0 radical (unpaired) electrons. The van der Waals surface area contributed by atoms with E-state index in [1.807, 2.05) is 52.0 Å². The zero-order valence-electron chi connectivity index (χ0n) is 18.0. The van der Waals surface area contributed by atoms with Gasteiger partial charge in [-0.25, -0.2) is 4.79 Å². The molecule has 31 heavy (non-hydrogen) atoms. The highest BCUT2D eigenvalue weighted by molar-refractivity contribution is 6.07. The number of rotatable bonds is 5. The molecule has 0 aliphatic heterocycles. The number of aliphatic hydroxyl groups excluding tert-OH is 1. The van der Waals surface area contributed by atoms with Gasteiger partial charge in [-0.3, -0.25) is 4.79 Å². The number of carbonyl (C=O) groups excluding carboxylic acids is 1. The summed E-state index contributed by atoms with van der Waals surface area (Å²) in [6.45, 7) is 7.73. The second-order valence-corrected chi connectivity index (χ2v) is 7.95. The van der Waals surface area contributed by atoms with Gasteiger partial charge in [-0.1, -0.05) is 30.3 Å². The van der Waals surface area contributed by atoms with Crippen LogP contribution in [0.2, 0.25) is 0 Å². The second kappa shape index (κ2) is 8.04. The van der Waals surface area contributed by atoms with Crippen molar-refractivity contribution in [2.45, 2.75) is 40.2 Å². The van der Waals surface area contributed by atoms with Crippen molar-refractivity contribution in [3.63, 3.8) is 0 Å². The average Bonchev–Trinajstić information content (AvgIpc) is 3.04. The maximum absolute atomic E-state index is 12.6. The normalized spacial score (nSPS) is 12.4. The molecule has 2 heterocycles. The van der Waals surface area contributed by atoms with Crippen LogP contribution in [0.5, 0.6) is 0 Å². The molecule has 2 aromatic heterocycles. The summed E-state index contributed by atoms with van der Waals surface area (Å²) in [5.74, 6) is 0.449. The van der Waals surface area contributed by atoms with Crippen LogP contribution in [0.25, 0.3) is 21.9 Å². The number of nitrogens with one attached hydrogen (secondary N) is 1. The Hall–Kier alpha value is -3.38. The quantitative estimate of drug-likeness (QED) is 0.474. The smallest absolute Gasteiger partial charge is 0.340 e. The molecule has 160 valence electrons. The number of aryl methyl sites for hydroxylation is 4. The molecule has 4 aromatic rings. The lowest BCUT2D eigenvalue weighted by atomic mass is 9.98. The highest BCUT2D eigenvalue weighted by Crippen LogP contribution is 2.36. The lowest BCUT2D eigenvalue weighted by Gasteiger charge is -2.13. The van der Waals surface area contributed by atoms with Crippen LogP contribution in [0, 0.1) is 27.7 Å². The van der Waals surface area contributed by atoms with E-state index in [0.29, 0.717) is 27.7 Å². The molecule has 6 nitrogen and oxygen atoms in total. The highest BCUT2D eigenvalue weighted by atomic mass is 16.4. The Morgan fingerprint density at radius 1 is 1.03 bits per heavy atom. The molecule has 0 aliphatic rings. The summed E-state index contributed by atoms with van der Waals surface area (Å²) in [7, 11) is 0. The maximum Gasteiger partial charge on any atom is 0.340 e. The van der Waals surface area contributed by atoms with Crippen molar-refractivity contribution in [1.29, 1.82) is 0 Å². The van der Waals surface area contributed by atoms with Crippen molar-refractivity contribution in [3.05, 3.63) is 80.4 Å². The van der Waals surface area contributed by atoms with Gasteiger partial charge >= 0.3 is 5.63 Å². The second-order valence-electron chi connectivity index (χ2n) is 7.95. The van der Waals surface area contributed by atoms with E-state index in [1.54, 1.807) is 12.1 Å². The molecule has 0 fully saturated rings. The number of hydrogen-bond donors (Lipinski definition) is 2. The first-order valence-corrected chi connectivity index (χ1v) is 10.2. The van der Waals surface area contributed by atoms with Crippen LogP contribution in [0.15, 0.2) is 50.0 Å². The Bertz CT molecular complexity index is 1350. The molecule has 0 aliphatic carbocycles. The van der Waals surface area contributed by atoms with E-state index in [9.17, 15) is 14.7 Å². The Morgan fingerprint density at radius 2 is 1.74 bits per heavy atom. The zero-order valence-corrected chi connectivity index (χ0v) is 18.0. The van der Waals surface area contributed by atoms with Gasteiger partial charge in [0.15, 0.2) is 0 Å². The van der Waals surface area contributed by atoms with Gasteiger partial charge in [0, 0.05) is 11.9 Å². The van der Waals surface area contributed by atoms with Crippen molar-refractivity contribution in [3.8, 4) is 0 Å². The Morgan fingerprint density at radius 3 is 2.45 bits per heavy atom. The number of amides is 1. The summed E-state index contributed by atoms with van der Waals surface area (Å²) >= 11 is 0. The fourth-order valence-electron chi connectivity index (χ4n) is 4.06. The van der Waals surface area contributed by atoms with E-state index >= 15 is 0 Å². The van der Waals surface area contributed by atoms with E-state index in [-0.39, 0.29) is 24.4 Å². The molecule has 0 bridgehead atoms. The lowest BCUT2D eigenvalue weighted by molar-refractivity contribution is -0.120.